The highest BCUT2D eigenvalue weighted by Crippen LogP contribution is 2.62. The van der Waals surface area contributed by atoms with E-state index < -0.39 is 11.4 Å². The molecule has 3 atom stereocenters. The highest BCUT2D eigenvalue weighted by atomic mass is 35.5. The molecule has 0 aromatic heterocycles. The van der Waals surface area contributed by atoms with E-state index in [0.717, 1.165) is 5.56 Å². The lowest BCUT2D eigenvalue weighted by atomic mass is 10.0. The van der Waals surface area contributed by atoms with Crippen LogP contribution in [-0.4, -0.2) is 16.5 Å². The van der Waals surface area contributed by atoms with Crippen molar-refractivity contribution in [3.8, 4) is 0 Å². The first-order chi connectivity index (χ1) is 6.58. The first-order valence-corrected chi connectivity index (χ1v) is 4.94. The van der Waals surface area contributed by atoms with Crippen LogP contribution >= 0.6 is 11.6 Å². The second kappa shape index (κ2) is 2.99. The summed E-state index contributed by atoms with van der Waals surface area (Å²) in [4.78, 5) is 11.0. The normalized spacial score (nSPS) is 35.3. The number of hydrogen-bond donors (Lipinski definition) is 1. The van der Waals surface area contributed by atoms with E-state index in [9.17, 15) is 4.79 Å². The maximum Gasteiger partial charge on any atom is 0.311 e. The van der Waals surface area contributed by atoms with Gasteiger partial charge in [0.05, 0.1) is 10.8 Å². The highest BCUT2D eigenvalue weighted by molar-refractivity contribution is 6.26. The van der Waals surface area contributed by atoms with Gasteiger partial charge in [0.15, 0.2) is 0 Å². The number of rotatable bonds is 2. The van der Waals surface area contributed by atoms with Crippen molar-refractivity contribution in [2.45, 2.75) is 18.2 Å². The quantitative estimate of drug-likeness (QED) is 0.762. The van der Waals surface area contributed by atoms with Crippen molar-refractivity contribution in [3.05, 3.63) is 35.9 Å². The predicted molar refractivity (Wildman–Crippen MR) is 54.6 cm³/mol. The number of alkyl halides is 1. The van der Waals surface area contributed by atoms with Gasteiger partial charge in [-0.1, -0.05) is 30.3 Å². The first kappa shape index (κ1) is 9.53. The third-order valence-corrected chi connectivity index (χ3v) is 3.73. The Morgan fingerprint density at radius 1 is 1.43 bits per heavy atom. The maximum absolute atomic E-state index is 11.0. The van der Waals surface area contributed by atoms with Crippen LogP contribution in [0, 0.1) is 5.41 Å². The van der Waals surface area contributed by atoms with Gasteiger partial charge in [-0.3, -0.25) is 4.79 Å². The minimum absolute atomic E-state index is 0.0529. The summed E-state index contributed by atoms with van der Waals surface area (Å²) in [6.45, 7) is 1.70. The molecule has 1 aliphatic carbocycles. The molecule has 2 rings (SSSR count). The van der Waals surface area contributed by atoms with E-state index in [2.05, 4.69) is 0 Å². The van der Waals surface area contributed by atoms with E-state index in [0.29, 0.717) is 0 Å². The molecule has 0 bridgehead atoms. The Bertz CT molecular complexity index is 363. The molecular formula is C11H11ClO2. The summed E-state index contributed by atoms with van der Waals surface area (Å²) in [6.07, 6.45) is 0. The average Bonchev–Trinajstić information content (AvgIpc) is 2.73. The van der Waals surface area contributed by atoms with Gasteiger partial charge in [0.1, 0.15) is 0 Å². The van der Waals surface area contributed by atoms with Gasteiger partial charge in [-0.15, -0.1) is 11.6 Å². The number of benzene rings is 1. The van der Waals surface area contributed by atoms with Crippen LogP contribution in [0.3, 0.4) is 0 Å². The van der Waals surface area contributed by atoms with Crippen molar-refractivity contribution >= 4 is 17.6 Å². The number of hydrogen-bond acceptors (Lipinski definition) is 1. The molecule has 0 amide bonds. The topological polar surface area (TPSA) is 37.3 Å². The molecule has 74 valence electrons. The smallest absolute Gasteiger partial charge is 0.311 e. The first-order valence-electron chi connectivity index (χ1n) is 4.51. The molecule has 14 heavy (non-hydrogen) atoms. The largest absolute Gasteiger partial charge is 0.481 e. The lowest BCUT2D eigenvalue weighted by Crippen LogP contribution is -2.14. The maximum atomic E-state index is 11.0. The molecule has 0 heterocycles. The van der Waals surface area contributed by atoms with E-state index in [1.807, 2.05) is 30.3 Å². The van der Waals surface area contributed by atoms with Gasteiger partial charge in [-0.05, 0) is 12.5 Å². The molecular weight excluding hydrogens is 200 g/mol. The Labute approximate surface area is 87.5 Å². The molecule has 1 aliphatic rings. The van der Waals surface area contributed by atoms with E-state index in [1.165, 1.54) is 0 Å². The van der Waals surface area contributed by atoms with Gasteiger partial charge in [0.2, 0.25) is 0 Å². The summed E-state index contributed by atoms with van der Waals surface area (Å²) < 4.78 is 0. The van der Waals surface area contributed by atoms with Gasteiger partial charge in [-0.2, -0.15) is 0 Å². The summed E-state index contributed by atoms with van der Waals surface area (Å²) in [6, 6.07) is 9.56. The van der Waals surface area contributed by atoms with Gasteiger partial charge in [0, 0.05) is 5.92 Å². The predicted octanol–water partition coefficient (Wildman–Crippen LogP) is 2.48. The number of halogens is 1. The van der Waals surface area contributed by atoms with Gasteiger partial charge in [0.25, 0.3) is 0 Å². The van der Waals surface area contributed by atoms with Crippen LogP contribution in [-0.2, 0) is 4.79 Å². The van der Waals surface area contributed by atoms with E-state index in [1.54, 1.807) is 6.92 Å². The summed E-state index contributed by atoms with van der Waals surface area (Å²) in [5, 5.41) is 8.74. The monoisotopic (exact) mass is 210 g/mol. The van der Waals surface area contributed by atoms with E-state index in [-0.39, 0.29) is 11.3 Å². The lowest BCUT2D eigenvalue weighted by molar-refractivity contribution is -0.142. The van der Waals surface area contributed by atoms with Crippen LogP contribution in [0.15, 0.2) is 30.3 Å². The summed E-state index contributed by atoms with van der Waals surface area (Å²) in [5.41, 5.74) is 0.223. The SMILES string of the molecule is C[C@]1(C(=O)O)[C@H](c2ccccc2)[C@@H]1Cl. The number of aliphatic carboxylic acids is 1. The van der Waals surface area contributed by atoms with Crippen molar-refractivity contribution in [1.82, 2.24) is 0 Å². The van der Waals surface area contributed by atoms with Gasteiger partial charge >= 0.3 is 5.97 Å². The minimum Gasteiger partial charge on any atom is -0.481 e. The van der Waals surface area contributed by atoms with Crippen molar-refractivity contribution in [2.24, 2.45) is 5.41 Å². The fourth-order valence-corrected chi connectivity index (χ4v) is 2.45. The molecule has 1 aromatic rings. The Balaban J connectivity index is 2.29. The van der Waals surface area contributed by atoms with Crippen LogP contribution in [0.5, 0.6) is 0 Å². The zero-order chi connectivity index (χ0) is 10.3. The summed E-state index contributed by atoms with van der Waals surface area (Å²) in [5.74, 6) is -0.866. The van der Waals surface area contributed by atoms with Crippen LogP contribution in [0.4, 0.5) is 0 Å². The molecule has 0 spiro atoms. The molecule has 1 fully saturated rings. The number of carboxylic acid groups (broad SMARTS) is 1. The van der Waals surface area contributed by atoms with Crippen LogP contribution in [0.1, 0.15) is 18.4 Å². The third-order valence-electron chi connectivity index (χ3n) is 3.02. The standard InChI is InChI=1S/C11H11ClO2/c1-11(10(13)14)8(9(11)12)7-5-3-2-4-6-7/h2-6,8-9H,1H3,(H,13,14)/t8-,9+,11+/m1/s1. The molecule has 0 aliphatic heterocycles. The zero-order valence-electron chi connectivity index (χ0n) is 7.77. The second-order valence-corrected chi connectivity index (χ2v) is 4.35. The van der Waals surface area contributed by atoms with E-state index >= 15 is 0 Å². The Morgan fingerprint density at radius 2 is 2.00 bits per heavy atom. The fraction of sp³-hybridized carbons (Fsp3) is 0.364. The van der Waals surface area contributed by atoms with Crippen LogP contribution in [0.2, 0.25) is 0 Å². The van der Waals surface area contributed by atoms with Crippen molar-refractivity contribution in [1.29, 1.82) is 0 Å². The fourth-order valence-electron chi connectivity index (χ4n) is 1.89. The summed E-state index contributed by atoms with van der Waals surface area (Å²) >= 11 is 6.01. The molecule has 1 N–H and O–H groups in total. The third kappa shape index (κ3) is 1.14. The number of carboxylic acids is 1. The van der Waals surface area contributed by atoms with Gasteiger partial charge in [-0.25, -0.2) is 0 Å². The van der Waals surface area contributed by atoms with Crippen molar-refractivity contribution < 1.29 is 9.90 Å². The highest BCUT2D eigenvalue weighted by Gasteiger charge is 2.66. The van der Waals surface area contributed by atoms with Crippen LogP contribution < -0.4 is 0 Å². The van der Waals surface area contributed by atoms with Crippen LogP contribution in [0.25, 0.3) is 0 Å². The average molecular weight is 211 g/mol. The molecule has 1 saturated carbocycles. The lowest BCUT2D eigenvalue weighted by Gasteiger charge is -2.03. The molecule has 0 unspecified atom stereocenters. The Morgan fingerprint density at radius 3 is 2.43 bits per heavy atom. The molecule has 0 radical (unpaired) electrons. The zero-order valence-corrected chi connectivity index (χ0v) is 8.53. The summed E-state index contributed by atoms with van der Waals surface area (Å²) in [7, 11) is 0. The van der Waals surface area contributed by atoms with Crippen molar-refractivity contribution in [2.75, 3.05) is 0 Å². The van der Waals surface area contributed by atoms with E-state index in [4.69, 9.17) is 16.7 Å². The Kier molecular flexibility index (Phi) is 2.04. The molecule has 1 aromatic carbocycles. The number of carbonyl (C=O) groups is 1. The molecule has 3 heteroatoms. The van der Waals surface area contributed by atoms with Gasteiger partial charge < -0.3 is 5.11 Å². The Hall–Kier alpha value is -1.02. The van der Waals surface area contributed by atoms with Crippen molar-refractivity contribution in [3.63, 3.8) is 0 Å². The molecule has 2 nitrogen and oxygen atoms in total. The molecule has 0 saturated heterocycles. The second-order valence-electron chi connectivity index (χ2n) is 3.88. The minimum atomic E-state index is -0.814.